The third-order valence-corrected chi connectivity index (χ3v) is 8.56. The summed E-state index contributed by atoms with van der Waals surface area (Å²) in [5.41, 5.74) is 0. The van der Waals surface area contributed by atoms with Crippen LogP contribution >= 0.6 is 0 Å². The van der Waals surface area contributed by atoms with Crippen LogP contribution in [0.15, 0.2) is 0 Å². The molecule has 0 spiro atoms. The average molecular weight is 290 g/mol. The largest absolute Gasteiger partial charge is 0.481 e. The Bertz CT molecular complexity index is 284. The van der Waals surface area contributed by atoms with Gasteiger partial charge < -0.3 is 14.6 Å². The molecule has 2 atom stereocenters. The Morgan fingerprint density at radius 3 is 2.21 bits per heavy atom. The zero-order valence-corrected chi connectivity index (χ0v) is 14.2. The van der Waals surface area contributed by atoms with Crippen LogP contribution in [-0.4, -0.2) is 37.2 Å². The minimum atomic E-state index is -1.88. The maximum Gasteiger partial charge on any atom is 0.303 e. The van der Waals surface area contributed by atoms with E-state index in [9.17, 15) is 9.90 Å². The minimum absolute atomic E-state index is 0.0444. The lowest BCUT2D eigenvalue weighted by molar-refractivity contribution is -0.137. The molecule has 0 unspecified atom stereocenters. The van der Waals surface area contributed by atoms with E-state index >= 15 is 0 Å². The first-order valence-corrected chi connectivity index (χ1v) is 9.92. The molecule has 19 heavy (non-hydrogen) atoms. The summed E-state index contributed by atoms with van der Waals surface area (Å²) >= 11 is 0. The van der Waals surface area contributed by atoms with Gasteiger partial charge in [0.2, 0.25) is 0 Å². The highest BCUT2D eigenvalue weighted by molar-refractivity contribution is 6.74. The summed E-state index contributed by atoms with van der Waals surface area (Å²) in [4.78, 5) is 10.6. The standard InChI is InChI=1S/C14H30O4Si/c1-11(10-15)12(8-7-9-13(16)17)18-19(5,6)14(2,3)4/h11-12,15H,7-10H2,1-6H3,(H,16,17)/t11-,12+/m0/s1. The highest BCUT2D eigenvalue weighted by Gasteiger charge is 2.39. The lowest BCUT2D eigenvalue weighted by Gasteiger charge is -2.40. The van der Waals surface area contributed by atoms with Gasteiger partial charge in [-0.05, 0) is 31.0 Å². The van der Waals surface area contributed by atoms with E-state index < -0.39 is 14.3 Å². The maximum absolute atomic E-state index is 10.6. The summed E-state index contributed by atoms with van der Waals surface area (Å²) in [6.07, 6.45) is 1.40. The highest BCUT2D eigenvalue weighted by Crippen LogP contribution is 2.38. The Hall–Kier alpha value is -0.393. The number of aliphatic hydroxyl groups is 1. The maximum atomic E-state index is 10.6. The highest BCUT2D eigenvalue weighted by atomic mass is 28.4. The first-order chi connectivity index (χ1) is 8.51. The number of aliphatic carboxylic acids is 1. The van der Waals surface area contributed by atoms with Crippen LogP contribution in [0.25, 0.3) is 0 Å². The molecule has 0 aromatic carbocycles. The van der Waals surface area contributed by atoms with Gasteiger partial charge in [-0.3, -0.25) is 4.79 Å². The number of aliphatic hydroxyl groups excluding tert-OH is 1. The fraction of sp³-hybridized carbons (Fsp3) is 0.929. The van der Waals surface area contributed by atoms with E-state index in [1.165, 1.54) is 0 Å². The molecule has 0 amide bonds. The average Bonchev–Trinajstić information content (AvgIpc) is 2.24. The van der Waals surface area contributed by atoms with E-state index in [1.54, 1.807) is 0 Å². The predicted molar refractivity (Wildman–Crippen MR) is 79.8 cm³/mol. The van der Waals surface area contributed by atoms with Gasteiger partial charge in [0, 0.05) is 25.0 Å². The van der Waals surface area contributed by atoms with Crippen molar-refractivity contribution in [1.82, 2.24) is 0 Å². The van der Waals surface area contributed by atoms with Gasteiger partial charge in [0.15, 0.2) is 8.32 Å². The third kappa shape index (κ3) is 6.54. The second kappa shape index (κ2) is 7.41. The van der Waals surface area contributed by atoms with Crippen LogP contribution in [0.5, 0.6) is 0 Å². The Morgan fingerprint density at radius 2 is 1.84 bits per heavy atom. The van der Waals surface area contributed by atoms with Crippen molar-refractivity contribution >= 4 is 14.3 Å². The molecule has 5 heteroatoms. The van der Waals surface area contributed by atoms with Gasteiger partial charge in [0.1, 0.15) is 0 Å². The molecule has 114 valence electrons. The van der Waals surface area contributed by atoms with Gasteiger partial charge in [0.25, 0.3) is 0 Å². The van der Waals surface area contributed by atoms with Crippen molar-refractivity contribution in [3.63, 3.8) is 0 Å². The number of carboxylic acid groups (broad SMARTS) is 1. The molecule has 0 bridgehead atoms. The van der Waals surface area contributed by atoms with E-state index in [4.69, 9.17) is 9.53 Å². The Kier molecular flexibility index (Phi) is 7.25. The van der Waals surface area contributed by atoms with E-state index in [0.29, 0.717) is 12.8 Å². The van der Waals surface area contributed by atoms with Gasteiger partial charge in [-0.25, -0.2) is 0 Å². The van der Waals surface area contributed by atoms with Crippen LogP contribution in [0.3, 0.4) is 0 Å². The molecule has 0 saturated carbocycles. The summed E-state index contributed by atoms with van der Waals surface area (Å²) in [5, 5.41) is 18.2. The molecule has 4 nitrogen and oxygen atoms in total. The van der Waals surface area contributed by atoms with Crippen LogP contribution in [0, 0.1) is 5.92 Å². The lowest BCUT2D eigenvalue weighted by Crippen LogP contribution is -2.46. The van der Waals surface area contributed by atoms with Crippen LogP contribution in [-0.2, 0) is 9.22 Å². The van der Waals surface area contributed by atoms with Crippen molar-refractivity contribution in [3.8, 4) is 0 Å². The van der Waals surface area contributed by atoms with Crippen molar-refractivity contribution in [3.05, 3.63) is 0 Å². The SMILES string of the molecule is C[C@@H](CO)[C@@H](CCCC(=O)O)O[Si](C)(C)C(C)(C)C. The molecule has 0 aromatic rings. The topological polar surface area (TPSA) is 66.8 Å². The summed E-state index contributed by atoms with van der Waals surface area (Å²) in [7, 11) is -1.88. The van der Waals surface area contributed by atoms with Gasteiger partial charge in [-0.1, -0.05) is 27.7 Å². The Morgan fingerprint density at radius 1 is 1.32 bits per heavy atom. The Balaban J connectivity index is 4.64. The predicted octanol–water partition coefficient (Wildman–Crippen LogP) is 3.26. The minimum Gasteiger partial charge on any atom is -0.481 e. The van der Waals surface area contributed by atoms with Crippen molar-refractivity contribution in [2.45, 2.75) is 71.2 Å². The molecule has 0 radical (unpaired) electrons. The lowest BCUT2D eigenvalue weighted by atomic mass is 10.0. The first-order valence-electron chi connectivity index (χ1n) is 7.01. The van der Waals surface area contributed by atoms with Crippen LogP contribution in [0.2, 0.25) is 18.1 Å². The normalized spacial score (nSPS) is 16.2. The van der Waals surface area contributed by atoms with Crippen molar-refractivity contribution < 1.29 is 19.4 Å². The number of hydrogen-bond donors (Lipinski definition) is 2. The molecule has 0 aromatic heterocycles. The quantitative estimate of drug-likeness (QED) is 0.673. The molecular weight excluding hydrogens is 260 g/mol. The summed E-state index contributed by atoms with van der Waals surface area (Å²) < 4.78 is 6.32. The molecular formula is C14H30O4Si. The molecule has 0 aliphatic carbocycles. The summed E-state index contributed by atoms with van der Waals surface area (Å²) in [6, 6.07) is 0. The molecule has 0 aliphatic rings. The van der Waals surface area contributed by atoms with Crippen molar-refractivity contribution in [2.75, 3.05) is 6.61 Å². The second-order valence-corrected chi connectivity index (χ2v) is 11.6. The van der Waals surface area contributed by atoms with E-state index in [0.717, 1.165) is 0 Å². The Labute approximate surface area is 118 Å². The molecule has 2 N–H and O–H groups in total. The zero-order valence-electron chi connectivity index (χ0n) is 13.2. The second-order valence-electron chi connectivity index (χ2n) is 6.86. The van der Waals surface area contributed by atoms with Gasteiger partial charge in [-0.15, -0.1) is 0 Å². The van der Waals surface area contributed by atoms with Crippen molar-refractivity contribution in [1.29, 1.82) is 0 Å². The van der Waals surface area contributed by atoms with Crippen LogP contribution in [0.4, 0.5) is 0 Å². The summed E-state index contributed by atoms with van der Waals surface area (Å²) in [5.74, 6) is -0.731. The van der Waals surface area contributed by atoms with E-state index in [2.05, 4.69) is 33.9 Å². The molecule has 0 aliphatic heterocycles. The number of rotatable bonds is 8. The van der Waals surface area contributed by atoms with Gasteiger partial charge >= 0.3 is 5.97 Å². The third-order valence-electron chi connectivity index (χ3n) is 4.05. The molecule has 0 saturated heterocycles. The molecule has 0 fully saturated rings. The van der Waals surface area contributed by atoms with Gasteiger partial charge in [-0.2, -0.15) is 0 Å². The van der Waals surface area contributed by atoms with Crippen LogP contribution in [0.1, 0.15) is 47.0 Å². The van der Waals surface area contributed by atoms with E-state index in [-0.39, 0.29) is 30.1 Å². The number of hydrogen-bond acceptors (Lipinski definition) is 3. The fourth-order valence-electron chi connectivity index (χ4n) is 1.59. The van der Waals surface area contributed by atoms with Crippen LogP contribution < -0.4 is 0 Å². The van der Waals surface area contributed by atoms with E-state index in [1.807, 2.05) is 6.92 Å². The monoisotopic (exact) mass is 290 g/mol. The molecule has 0 rings (SSSR count). The first kappa shape index (κ1) is 18.6. The molecule has 0 heterocycles. The van der Waals surface area contributed by atoms with Crippen molar-refractivity contribution in [2.24, 2.45) is 5.92 Å². The smallest absolute Gasteiger partial charge is 0.303 e. The number of carbonyl (C=O) groups is 1. The fourth-order valence-corrected chi connectivity index (χ4v) is 3.05. The summed E-state index contributed by atoms with van der Waals surface area (Å²) in [6.45, 7) is 12.9. The number of carboxylic acids is 1. The van der Waals surface area contributed by atoms with Gasteiger partial charge in [0.05, 0.1) is 0 Å². The zero-order chi connectivity index (χ0) is 15.3.